The molecule has 0 saturated carbocycles. The molecule has 0 saturated heterocycles. The van der Waals surface area contributed by atoms with E-state index in [-0.39, 0.29) is 0 Å². The van der Waals surface area contributed by atoms with Crippen molar-refractivity contribution in [1.29, 1.82) is 0 Å². The highest BCUT2D eigenvalue weighted by Gasteiger charge is 2.21. The maximum Gasteiger partial charge on any atom is 0.146 e. The zero-order chi connectivity index (χ0) is 18.2. The van der Waals surface area contributed by atoms with Crippen LogP contribution in [0.15, 0.2) is 79.1 Å². The molecule has 3 heteroatoms. The molecule has 3 aromatic carbocycles. The molecule has 0 N–H and O–H groups in total. The highest BCUT2D eigenvalue weighted by molar-refractivity contribution is 6.15. The van der Waals surface area contributed by atoms with E-state index in [9.17, 15) is 0 Å². The Kier molecular flexibility index (Phi) is 2.54. The van der Waals surface area contributed by atoms with E-state index in [0.717, 1.165) is 23.1 Å². The molecule has 0 spiro atoms. The molecule has 3 heterocycles. The number of rotatable bonds is 0. The summed E-state index contributed by atoms with van der Waals surface area (Å²) in [5, 5.41) is 3.73. The molecule has 3 nitrogen and oxygen atoms in total. The first-order valence-corrected chi connectivity index (χ1v) is 9.56. The van der Waals surface area contributed by atoms with E-state index < -0.39 is 0 Å². The number of hydrogen-bond donors (Lipinski definition) is 0. The number of aromatic nitrogens is 3. The second-order valence-electron chi connectivity index (χ2n) is 7.54. The van der Waals surface area contributed by atoms with Crippen molar-refractivity contribution in [2.24, 2.45) is 0 Å². The fourth-order valence-corrected chi connectivity index (χ4v) is 4.84. The summed E-state index contributed by atoms with van der Waals surface area (Å²) in [7, 11) is 0. The van der Waals surface area contributed by atoms with Crippen LogP contribution in [0, 0.1) is 0 Å². The van der Waals surface area contributed by atoms with Gasteiger partial charge in [-0.2, -0.15) is 0 Å². The van der Waals surface area contributed by atoms with E-state index in [0.29, 0.717) is 0 Å². The van der Waals surface area contributed by atoms with Gasteiger partial charge in [0.2, 0.25) is 0 Å². The predicted octanol–water partition coefficient (Wildman–Crippen LogP) is 5.76. The minimum absolute atomic E-state index is 0.934. The van der Waals surface area contributed by atoms with E-state index in [1.54, 1.807) is 0 Å². The van der Waals surface area contributed by atoms with E-state index in [2.05, 4.69) is 76.1 Å². The standard InChI is InChI=1S/C25H15N3/c1-2-6-17-15(5-1)11-16-12-21-20(13-19(16)17)18-7-3-4-8-23(18)28-24-9-10-26-14-22(24)27-25(21)28/h1-10,12-14H,11H2. The van der Waals surface area contributed by atoms with Crippen LogP contribution in [0.4, 0.5) is 0 Å². The summed E-state index contributed by atoms with van der Waals surface area (Å²) >= 11 is 0. The van der Waals surface area contributed by atoms with Crippen molar-refractivity contribution in [3.63, 3.8) is 0 Å². The first-order valence-electron chi connectivity index (χ1n) is 9.56. The van der Waals surface area contributed by atoms with Gasteiger partial charge in [0.25, 0.3) is 0 Å². The van der Waals surface area contributed by atoms with Crippen LogP contribution in [0.2, 0.25) is 0 Å². The zero-order valence-electron chi connectivity index (χ0n) is 15.1. The SMILES string of the molecule is c1ccc2c(c1)Cc1cc3c(cc1-2)c1ccccc1n1c2ccncc2nc31. The lowest BCUT2D eigenvalue weighted by Crippen LogP contribution is -1.93. The van der Waals surface area contributed by atoms with Crippen molar-refractivity contribution in [3.05, 3.63) is 90.3 Å². The van der Waals surface area contributed by atoms with Gasteiger partial charge in [-0.3, -0.25) is 9.38 Å². The summed E-state index contributed by atoms with van der Waals surface area (Å²) < 4.78 is 2.28. The molecule has 6 aromatic rings. The van der Waals surface area contributed by atoms with Crippen LogP contribution < -0.4 is 0 Å². The number of benzene rings is 3. The van der Waals surface area contributed by atoms with Gasteiger partial charge in [0.05, 0.1) is 17.2 Å². The van der Waals surface area contributed by atoms with Crippen molar-refractivity contribution in [2.75, 3.05) is 0 Å². The first kappa shape index (κ1) is 14.4. The smallest absolute Gasteiger partial charge is 0.146 e. The average Bonchev–Trinajstić information content (AvgIpc) is 3.31. The molecule has 0 unspecified atom stereocenters. The monoisotopic (exact) mass is 357 g/mol. The molecular formula is C25H15N3. The second kappa shape index (κ2) is 4.96. The zero-order valence-corrected chi connectivity index (χ0v) is 15.1. The third kappa shape index (κ3) is 1.69. The normalized spacial score (nSPS) is 12.9. The Morgan fingerprint density at radius 1 is 0.714 bits per heavy atom. The molecule has 130 valence electrons. The van der Waals surface area contributed by atoms with Gasteiger partial charge < -0.3 is 0 Å². The minimum atomic E-state index is 0.934. The number of hydrogen-bond acceptors (Lipinski definition) is 2. The number of para-hydroxylation sites is 1. The quantitative estimate of drug-likeness (QED) is 0.323. The Hall–Kier alpha value is -3.72. The molecule has 3 aromatic heterocycles. The Morgan fingerprint density at radius 3 is 2.61 bits per heavy atom. The number of pyridine rings is 2. The van der Waals surface area contributed by atoms with Gasteiger partial charge in [-0.15, -0.1) is 0 Å². The van der Waals surface area contributed by atoms with Crippen molar-refractivity contribution in [2.45, 2.75) is 6.42 Å². The third-order valence-electron chi connectivity index (χ3n) is 6.06. The van der Waals surface area contributed by atoms with Crippen LogP contribution in [0.1, 0.15) is 11.1 Å². The average molecular weight is 357 g/mol. The van der Waals surface area contributed by atoms with Gasteiger partial charge in [0, 0.05) is 17.0 Å². The van der Waals surface area contributed by atoms with Crippen LogP contribution in [0.5, 0.6) is 0 Å². The molecule has 7 rings (SSSR count). The Morgan fingerprint density at radius 2 is 1.61 bits per heavy atom. The molecular weight excluding hydrogens is 342 g/mol. The van der Waals surface area contributed by atoms with E-state index in [4.69, 9.17) is 4.98 Å². The lowest BCUT2D eigenvalue weighted by Gasteiger charge is -2.11. The topological polar surface area (TPSA) is 30.2 Å². The van der Waals surface area contributed by atoms with Crippen molar-refractivity contribution in [1.82, 2.24) is 14.4 Å². The van der Waals surface area contributed by atoms with Crippen LogP contribution >= 0.6 is 0 Å². The maximum absolute atomic E-state index is 4.97. The van der Waals surface area contributed by atoms with Crippen LogP contribution in [0.3, 0.4) is 0 Å². The van der Waals surface area contributed by atoms with E-state index in [1.807, 2.05) is 12.4 Å². The van der Waals surface area contributed by atoms with Crippen LogP contribution in [0.25, 0.3) is 49.5 Å². The lowest BCUT2D eigenvalue weighted by molar-refractivity contribution is 1.26. The molecule has 0 bridgehead atoms. The molecule has 0 fully saturated rings. The summed E-state index contributed by atoms with van der Waals surface area (Å²) in [5.74, 6) is 0. The molecule has 0 amide bonds. The first-order chi connectivity index (χ1) is 13.9. The molecule has 0 aliphatic heterocycles. The number of nitrogens with zero attached hydrogens (tertiary/aromatic N) is 3. The van der Waals surface area contributed by atoms with E-state index >= 15 is 0 Å². The van der Waals surface area contributed by atoms with Crippen molar-refractivity contribution in [3.8, 4) is 11.1 Å². The molecule has 0 atom stereocenters. The van der Waals surface area contributed by atoms with E-state index in [1.165, 1.54) is 43.9 Å². The van der Waals surface area contributed by atoms with Gasteiger partial charge in [0.15, 0.2) is 0 Å². The highest BCUT2D eigenvalue weighted by atomic mass is 15.0. The highest BCUT2D eigenvalue weighted by Crippen LogP contribution is 2.41. The lowest BCUT2D eigenvalue weighted by atomic mass is 9.98. The Bertz CT molecular complexity index is 1590. The van der Waals surface area contributed by atoms with Crippen molar-refractivity contribution < 1.29 is 0 Å². The summed E-state index contributed by atoms with van der Waals surface area (Å²) in [6.07, 6.45) is 4.68. The predicted molar refractivity (Wildman–Crippen MR) is 114 cm³/mol. The number of imidazole rings is 1. The Labute approximate surface area is 160 Å². The van der Waals surface area contributed by atoms with Gasteiger partial charge in [0.1, 0.15) is 11.2 Å². The van der Waals surface area contributed by atoms with Gasteiger partial charge in [-0.25, -0.2) is 4.98 Å². The molecule has 1 aliphatic carbocycles. The molecule has 28 heavy (non-hydrogen) atoms. The van der Waals surface area contributed by atoms with Crippen LogP contribution in [-0.2, 0) is 6.42 Å². The molecule has 1 aliphatic rings. The summed E-state index contributed by atoms with van der Waals surface area (Å²) in [4.78, 5) is 9.25. The fraction of sp³-hybridized carbons (Fsp3) is 0.0400. The summed E-state index contributed by atoms with van der Waals surface area (Å²) in [6.45, 7) is 0. The number of fused-ring (bicyclic) bond motifs is 11. The largest absolute Gasteiger partial charge is 0.292 e. The minimum Gasteiger partial charge on any atom is -0.292 e. The Balaban J connectivity index is 1.74. The summed E-state index contributed by atoms with van der Waals surface area (Å²) in [6, 6.07) is 24.1. The van der Waals surface area contributed by atoms with Gasteiger partial charge in [-0.1, -0.05) is 42.5 Å². The summed E-state index contributed by atoms with van der Waals surface area (Å²) in [5.41, 5.74) is 9.74. The molecule has 0 radical (unpaired) electrons. The maximum atomic E-state index is 4.97. The fourth-order valence-electron chi connectivity index (χ4n) is 4.84. The van der Waals surface area contributed by atoms with Crippen molar-refractivity contribution >= 4 is 38.4 Å². The van der Waals surface area contributed by atoms with Crippen LogP contribution in [-0.4, -0.2) is 14.4 Å². The second-order valence-corrected chi connectivity index (χ2v) is 7.54. The van der Waals surface area contributed by atoms with Gasteiger partial charge >= 0.3 is 0 Å². The third-order valence-corrected chi connectivity index (χ3v) is 6.06. The van der Waals surface area contributed by atoms with Gasteiger partial charge in [-0.05, 0) is 58.3 Å².